The number of thiophene rings is 1. The van der Waals surface area contributed by atoms with Crippen molar-refractivity contribution in [2.45, 2.75) is 26.8 Å². The van der Waals surface area contributed by atoms with Gasteiger partial charge in [0.05, 0.1) is 18.0 Å². The summed E-state index contributed by atoms with van der Waals surface area (Å²) in [4.78, 5) is 1.50. The van der Waals surface area contributed by atoms with Gasteiger partial charge in [-0.15, -0.1) is 11.3 Å². The molecule has 2 nitrogen and oxygen atoms in total. The quantitative estimate of drug-likeness (QED) is 0.685. The maximum atomic E-state index is 5.28. The van der Waals surface area contributed by atoms with Gasteiger partial charge in [0.25, 0.3) is 0 Å². The minimum Gasteiger partial charge on any atom is -0.382 e. The molecule has 1 rings (SSSR count). The fourth-order valence-electron chi connectivity index (χ4n) is 1.32. The largest absolute Gasteiger partial charge is 0.382 e. The minimum atomic E-state index is 0.837. The third-order valence-corrected chi connectivity index (χ3v) is 3.24. The molecule has 14 heavy (non-hydrogen) atoms. The van der Waals surface area contributed by atoms with E-state index in [0.29, 0.717) is 0 Å². The van der Waals surface area contributed by atoms with Crippen LogP contribution in [0.2, 0.25) is 0 Å². The van der Waals surface area contributed by atoms with Gasteiger partial charge in [-0.05, 0) is 30.9 Å². The van der Waals surface area contributed by atoms with Crippen molar-refractivity contribution in [2.24, 2.45) is 0 Å². The molecule has 1 aromatic rings. The summed E-state index contributed by atoms with van der Waals surface area (Å²) < 4.78 is 5.28. The van der Waals surface area contributed by atoms with Crippen molar-refractivity contribution in [2.75, 3.05) is 19.8 Å². The van der Waals surface area contributed by atoms with Gasteiger partial charge in [0, 0.05) is 13.0 Å². The molecule has 0 aliphatic heterocycles. The Labute approximate surface area is 90.3 Å². The van der Waals surface area contributed by atoms with Crippen LogP contribution in [0.5, 0.6) is 0 Å². The van der Waals surface area contributed by atoms with Gasteiger partial charge in [0.15, 0.2) is 0 Å². The molecule has 1 heterocycles. The number of quaternary nitrogens is 1. The van der Waals surface area contributed by atoms with Gasteiger partial charge in [-0.3, -0.25) is 0 Å². The molecular formula is C11H20NOS+. The van der Waals surface area contributed by atoms with Crippen LogP contribution in [0.1, 0.15) is 23.8 Å². The van der Waals surface area contributed by atoms with E-state index in [9.17, 15) is 0 Å². The van der Waals surface area contributed by atoms with Crippen molar-refractivity contribution in [3.63, 3.8) is 0 Å². The van der Waals surface area contributed by atoms with Crippen LogP contribution in [-0.2, 0) is 11.3 Å². The van der Waals surface area contributed by atoms with E-state index < -0.39 is 0 Å². The lowest BCUT2D eigenvalue weighted by Gasteiger charge is -2.01. The van der Waals surface area contributed by atoms with Crippen molar-refractivity contribution < 1.29 is 10.1 Å². The molecule has 0 bridgehead atoms. The van der Waals surface area contributed by atoms with Crippen molar-refractivity contribution >= 4 is 11.3 Å². The summed E-state index contributed by atoms with van der Waals surface area (Å²) in [6.07, 6.45) is 1.15. The minimum absolute atomic E-state index is 0.837. The first-order valence-corrected chi connectivity index (χ1v) is 6.15. The van der Waals surface area contributed by atoms with Crippen LogP contribution < -0.4 is 5.32 Å². The normalized spacial score (nSPS) is 10.7. The highest BCUT2D eigenvalue weighted by atomic mass is 32.1. The summed E-state index contributed by atoms with van der Waals surface area (Å²) in [7, 11) is 0. The first-order valence-electron chi connectivity index (χ1n) is 5.27. The summed E-state index contributed by atoms with van der Waals surface area (Å²) in [5, 5.41) is 4.52. The van der Waals surface area contributed by atoms with Gasteiger partial charge < -0.3 is 10.1 Å². The van der Waals surface area contributed by atoms with Crippen molar-refractivity contribution in [3.05, 3.63) is 21.9 Å². The summed E-state index contributed by atoms with van der Waals surface area (Å²) in [5.41, 5.74) is 1.43. The van der Waals surface area contributed by atoms with Gasteiger partial charge in [-0.2, -0.15) is 0 Å². The Hall–Kier alpha value is -0.380. The third-order valence-electron chi connectivity index (χ3n) is 2.20. The predicted molar refractivity (Wildman–Crippen MR) is 60.7 cm³/mol. The maximum absolute atomic E-state index is 5.28. The molecule has 3 heteroatoms. The zero-order valence-corrected chi connectivity index (χ0v) is 9.90. The Bertz CT molecular complexity index is 247. The Kier molecular flexibility index (Phi) is 5.83. The zero-order valence-electron chi connectivity index (χ0n) is 9.08. The van der Waals surface area contributed by atoms with Crippen LogP contribution in [0.15, 0.2) is 11.4 Å². The zero-order chi connectivity index (χ0) is 10.2. The van der Waals surface area contributed by atoms with E-state index in [-0.39, 0.29) is 0 Å². The molecule has 0 aliphatic carbocycles. The molecule has 0 spiro atoms. The Morgan fingerprint density at radius 3 is 3.00 bits per heavy atom. The van der Waals surface area contributed by atoms with Crippen molar-refractivity contribution in [1.29, 1.82) is 0 Å². The molecular weight excluding hydrogens is 194 g/mol. The second kappa shape index (κ2) is 6.98. The highest BCUT2D eigenvalue weighted by Crippen LogP contribution is 2.13. The predicted octanol–water partition coefficient (Wildman–Crippen LogP) is 1.55. The van der Waals surface area contributed by atoms with Crippen LogP contribution in [0.25, 0.3) is 0 Å². The van der Waals surface area contributed by atoms with Gasteiger partial charge in [0.1, 0.15) is 6.54 Å². The summed E-state index contributed by atoms with van der Waals surface area (Å²) in [6, 6.07) is 2.19. The Morgan fingerprint density at radius 1 is 1.50 bits per heavy atom. The molecule has 2 N–H and O–H groups in total. The second-order valence-electron chi connectivity index (χ2n) is 3.36. The van der Waals surface area contributed by atoms with E-state index in [0.717, 1.165) is 32.7 Å². The molecule has 0 radical (unpaired) electrons. The maximum Gasteiger partial charge on any atom is 0.111 e. The lowest BCUT2D eigenvalue weighted by molar-refractivity contribution is -0.670. The van der Waals surface area contributed by atoms with E-state index in [1.165, 1.54) is 10.4 Å². The van der Waals surface area contributed by atoms with E-state index in [2.05, 4.69) is 23.7 Å². The molecule has 80 valence electrons. The number of aryl methyl sites for hydroxylation is 1. The standard InChI is InChI=1S/C11H19NOS/c1-3-13-7-4-6-12-9-11-10(2)5-8-14-11/h5,8,12H,3-4,6-7,9H2,1-2H3/p+1. The van der Waals surface area contributed by atoms with Gasteiger partial charge in [-0.25, -0.2) is 0 Å². The van der Waals surface area contributed by atoms with E-state index in [1.54, 1.807) is 0 Å². The second-order valence-corrected chi connectivity index (χ2v) is 4.36. The monoisotopic (exact) mass is 214 g/mol. The smallest absolute Gasteiger partial charge is 0.111 e. The summed E-state index contributed by atoms with van der Waals surface area (Å²) in [6.45, 7) is 8.24. The molecule has 1 aromatic heterocycles. The number of nitrogens with two attached hydrogens (primary N) is 1. The average molecular weight is 214 g/mol. The summed E-state index contributed by atoms with van der Waals surface area (Å²) >= 11 is 1.86. The van der Waals surface area contributed by atoms with Crippen molar-refractivity contribution in [1.82, 2.24) is 0 Å². The molecule has 0 saturated carbocycles. The molecule has 0 atom stereocenters. The molecule has 0 fully saturated rings. The average Bonchev–Trinajstić information content (AvgIpc) is 2.58. The van der Waals surface area contributed by atoms with Gasteiger partial charge in [0.2, 0.25) is 0 Å². The third kappa shape index (κ3) is 4.22. The SMILES string of the molecule is CCOCCC[NH2+]Cc1sccc1C. The number of hydrogen-bond acceptors (Lipinski definition) is 2. The molecule has 0 aliphatic rings. The van der Waals surface area contributed by atoms with Crippen LogP contribution >= 0.6 is 11.3 Å². The lowest BCUT2D eigenvalue weighted by Crippen LogP contribution is -2.82. The van der Waals surface area contributed by atoms with Gasteiger partial charge in [-0.1, -0.05) is 0 Å². The fourth-order valence-corrected chi connectivity index (χ4v) is 2.22. The summed E-state index contributed by atoms with van der Waals surface area (Å²) in [5.74, 6) is 0. The Balaban J connectivity index is 2.02. The van der Waals surface area contributed by atoms with Crippen LogP contribution in [0, 0.1) is 6.92 Å². The van der Waals surface area contributed by atoms with E-state index >= 15 is 0 Å². The lowest BCUT2D eigenvalue weighted by atomic mass is 10.3. The number of ether oxygens (including phenoxy) is 1. The van der Waals surface area contributed by atoms with Gasteiger partial charge >= 0.3 is 0 Å². The highest BCUT2D eigenvalue weighted by Gasteiger charge is 2.00. The molecule has 0 unspecified atom stereocenters. The fraction of sp³-hybridized carbons (Fsp3) is 0.636. The topological polar surface area (TPSA) is 25.8 Å². The first kappa shape index (κ1) is 11.7. The highest BCUT2D eigenvalue weighted by molar-refractivity contribution is 7.10. The van der Waals surface area contributed by atoms with Crippen LogP contribution in [0.3, 0.4) is 0 Å². The van der Waals surface area contributed by atoms with Crippen LogP contribution in [-0.4, -0.2) is 19.8 Å². The first-order chi connectivity index (χ1) is 6.84. The molecule has 0 aromatic carbocycles. The van der Waals surface area contributed by atoms with Crippen LogP contribution in [0.4, 0.5) is 0 Å². The number of rotatable bonds is 7. The Morgan fingerprint density at radius 2 is 2.36 bits per heavy atom. The molecule has 0 saturated heterocycles. The molecule has 0 amide bonds. The van der Waals surface area contributed by atoms with Crippen molar-refractivity contribution in [3.8, 4) is 0 Å². The number of hydrogen-bond donors (Lipinski definition) is 1. The van der Waals surface area contributed by atoms with E-state index in [4.69, 9.17) is 4.74 Å². The van der Waals surface area contributed by atoms with E-state index in [1.807, 2.05) is 18.3 Å².